The fraction of sp³-hybridized carbons (Fsp3) is 0.143. The molecule has 1 N–H and O–H groups in total. The van der Waals surface area contributed by atoms with Crippen LogP contribution in [0.15, 0.2) is 185 Å². The zero-order valence-electron chi connectivity index (χ0n) is 38.5. The highest BCUT2D eigenvalue weighted by Gasteiger charge is 2.53. The molecule has 2 aliphatic carbocycles. The fourth-order valence-electron chi connectivity index (χ4n) is 13.1. The topological polar surface area (TPSA) is 41.6 Å². The molecule has 2 aliphatic heterocycles. The number of para-hydroxylation sites is 4. The number of nitrogens with zero attached hydrogens (tertiary/aromatic N) is 1. The minimum Gasteiger partial charge on any atom is -0.456 e. The molecule has 2 aromatic heterocycles. The number of anilines is 5. The summed E-state index contributed by atoms with van der Waals surface area (Å²) in [5, 5.41) is 8.45. The minimum atomic E-state index is -0.523. The van der Waals surface area contributed by atoms with Crippen molar-refractivity contribution in [3.8, 4) is 22.3 Å². The first-order valence-corrected chi connectivity index (χ1v) is 24.1. The maximum atomic E-state index is 7.14. The van der Waals surface area contributed by atoms with Crippen LogP contribution in [0.3, 0.4) is 0 Å². The van der Waals surface area contributed by atoms with Crippen LogP contribution < -0.4 is 21.1 Å². The van der Waals surface area contributed by atoms with Gasteiger partial charge in [0.25, 0.3) is 0 Å². The second-order valence-electron chi connectivity index (χ2n) is 20.9. The van der Waals surface area contributed by atoms with Crippen molar-refractivity contribution in [1.82, 2.24) is 0 Å². The number of hydrogen-bond donors (Lipinski definition) is 1. The van der Waals surface area contributed by atoms with E-state index in [1.807, 2.05) is 0 Å². The van der Waals surface area contributed by atoms with Crippen molar-refractivity contribution < 1.29 is 8.83 Å². The largest absolute Gasteiger partial charge is 0.456 e. The normalized spacial score (nSPS) is 16.3. The van der Waals surface area contributed by atoms with Gasteiger partial charge in [-0.3, -0.25) is 0 Å². The van der Waals surface area contributed by atoms with Crippen molar-refractivity contribution in [1.29, 1.82) is 0 Å². The lowest BCUT2D eigenvalue weighted by Crippen LogP contribution is -2.47. The van der Waals surface area contributed by atoms with E-state index in [1.165, 1.54) is 62.1 Å². The SMILES string of the molecule is CC1(C)CCC(C)(C)c2cc(Nc3c(-c4cc5c(oc6ccccc65)c5c4[B]c4cccc6c4N5c4ccccc4C64c5ccccc5-c5ccccc54)ccc4oc5ccccc5c34)ccc21. The highest BCUT2D eigenvalue weighted by molar-refractivity contribution is 6.74. The maximum Gasteiger partial charge on any atom is 0.198 e. The number of hydrogen-bond acceptors (Lipinski definition) is 4. The first kappa shape index (κ1) is 38.4. The third-order valence-electron chi connectivity index (χ3n) is 16.4. The van der Waals surface area contributed by atoms with Crippen LogP contribution in [0, 0.1) is 0 Å². The lowest BCUT2D eigenvalue weighted by atomic mass is 9.54. The molecule has 0 bridgehead atoms. The van der Waals surface area contributed by atoms with E-state index in [0.717, 1.165) is 89.6 Å². The highest BCUT2D eigenvalue weighted by atomic mass is 16.3. The zero-order chi connectivity index (χ0) is 45.3. The molecule has 11 aromatic rings. The van der Waals surface area contributed by atoms with Crippen molar-refractivity contribution in [2.75, 3.05) is 10.2 Å². The summed E-state index contributed by atoms with van der Waals surface area (Å²) in [4.78, 5) is 2.55. The van der Waals surface area contributed by atoms with Gasteiger partial charge in [-0.15, -0.1) is 0 Å². The third kappa shape index (κ3) is 4.86. The molecule has 1 radical (unpaired) electrons. The standard InChI is InChI=1S/C63H46BN2O2/c1-61(2)32-33-62(3,4)49-34-36(28-30-46(49)61)65-57-40(29-31-54-55(57)41-19-8-14-27-53(41)67-54)42-35-43-39-18-7-13-26-52(39)68-60(43)59-56(42)64-50-24-15-23-48-58(50)66(59)51-25-12-11-22-47(51)63(48)44-20-9-5-16-37(44)38-17-6-10-21-45(38)63/h5-31,34-35,65H,32-33H2,1-4H3. The van der Waals surface area contributed by atoms with Crippen LogP contribution >= 0.6 is 0 Å². The van der Waals surface area contributed by atoms with E-state index in [-0.39, 0.29) is 10.8 Å². The zero-order valence-corrected chi connectivity index (χ0v) is 38.5. The Morgan fingerprint density at radius 3 is 1.90 bits per heavy atom. The van der Waals surface area contributed by atoms with Gasteiger partial charge < -0.3 is 19.1 Å². The predicted molar refractivity (Wildman–Crippen MR) is 282 cm³/mol. The minimum absolute atomic E-state index is 0.0549. The van der Waals surface area contributed by atoms with Gasteiger partial charge in [0.2, 0.25) is 0 Å². The van der Waals surface area contributed by atoms with Crippen LogP contribution in [0.25, 0.3) is 66.1 Å². The Morgan fingerprint density at radius 2 is 1.12 bits per heavy atom. The Bertz CT molecular complexity index is 3970. The first-order valence-electron chi connectivity index (χ1n) is 24.1. The molecule has 68 heavy (non-hydrogen) atoms. The molecule has 0 atom stereocenters. The third-order valence-corrected chi connectivity index (χ3v) is 16.4. The molecule has 0 fully saturated rings. The molecule has 0 amide bonds. The van der Waals surface area contributed by atoms with E-state index in [1.54, 1.807) is 0 Å². The van der Waals surface area contributed by atoms with Crippen LogP contribution in [-0.2, 0) is 16.2 Å². The smallest absolute Gasteiger partial charge is 0.198 e. The average molecular weight is 874 g/mol. The van der Waals surface area contributed by atoms with Gasteiger partial charge >= 0.3 is 0 Å². The molecule has 0 saturated heterocycles. The molecule has 4 heterocycles. The molecule has 1 spiro atoms. The lowest BCUT2D eigenvalue weighted by molar-refractivity contribution is 0.332. The van der Waals surface area contributed by atoms with Crippen LogP contribution in [0.5, 0.6) is 0 Å². The lowest BCUT2D eigenvalue weighted by Gasteiger charge is -2.48. The summed E-state index contributed by atoms with van der Waals surface area (Å²) in [6.07, 6.45) is 2.32. The van der Waals surface area contributed by atoms with Gasteiger partial charge in [0.15, 0.2) is 12.9 Å². The van der Waals surface area contributed by atoms with Crippen LogP contribution in [0.4, 0.5) is 28.4 Å². The second-order valence-corrected chi connectivity index (χ2v) is 20.9. The van der Waals surface area contributed by atoms with Crippen molar-refractivity contribution >= 4 is 90.5 Å². The Kier molecular flexibility index (Phi) is 7.46. The van der Waals surface area contributed by atoms with Crippen molar-refractivity contribution in [3.63, 3.8) is 0 Å². The highest BCUT2D eigenvalue weighted by Crippen LogP contribution is 2.64. The van der Waals surface area contributed by atoms with E-state index in [9.17, 15) is 0 Å². The average Bonchev–Trinajstić information content (AvgIpc) is 4.03. The van der Waals surface area contributed by atoms with Crippen LogP contribution in [-0.4, -0.2) is 7.28 Å². The molecule has 4 aliphatic rings. The second kappa shape index (κ2) is 13.2. The summed E-state index contributed by atoms with van der Waals surface area (Å²) in [6.45, 7) is 9.60. The van der Waals surface area contributed by atoms with Crippen molar-refractivity contribution in [2.24, 2.45) is 0 Å². The quantitative estimate of drug-likeness (QED) is 0.180. The van der Waals surface area contributed by atoms with Crippen molar-refractivity contribution in [3.05, 3.63) is 209 Å². The van der Waals surface area contributed by atoms with E-state index in [2.05, 4.69) is 221 Å². The Hall–Kier alpha value is -7.76. The van der Waals surface area contributed by atoms with Crippen molar-refractivity contribution in [2.45, 2.75) is 56.8 Å². The van der Waals surface area contributed by atoms with E-state index < -0.39 is 5.41 Å². The summed E-state index contributed by atoms with van der Waals surface area (Å²) >= 11 is 0. The van der Waals surface area contributed by atoms with E-state index >= 15 is 0 Å². The number of fused-ring (bicyclic) bond motifs is 19. The van der Waals surface area contributed by atoms with E-state index in [0.29, 0.717) is 0 Å². The summed E-state index contributed by atoms with van der Waals surface area (Å²) in [7, 11) is 2.44. The Morgan fingerprint density at radius 1 is 0.471 bits per heavy atom. The first-order chi connectivity index (χ1) is 33.2. The number of rotatable bonds is 3. The molecule has 0 unspecified atom stereocenters. The predicted octanol–water partition coefficient (Wildman–Crippen LogP) is 15.4. The summed E-state index contributed by atoms with van der Waals surface area (Å²) in [5.41, 5.74) is 23.7. The molecule has 15 rings (SSSR count). The van der Waals surface area contributed by atoms with Gasteiger partial charge in [0.05, 0.1) is 27.9 Å². The molecular formula is C63H46BN2O2. The Balaban J connectivity index is 1.04. The molecule has 0 saturated carbocycles. The van der Waals surface area contributed by atoms with E-state index in [4.69, 9.17) is 8.83 Å². The van der Waals surface area contributed by atoms with Crippen LogP contribution in [0.2, 0.25) is 0 Å². The molecule has 5 heteroatoms. The summed E-state index contributed by atoms with van der Waals surface area (Å²) < 4.78 is 13.8. The number of nitrogens with one attached hydrogen (secondary N) is 1. The Labute approximate surface area is 396 Å². The van der Waals surface area contributed by atoms with Crippen LogP contribution in [0.1, 0.15) is 73.9 Å². The van der Waals surface area contributed by atoms with Gasteiger partial charge in [0, 0.05) is 33.1 Å². The molecule has 9 aromatic carbocycles. The van der Waals surface area contributed by atoms with Gasteiger partial charge in [-0.1, -0.05) is 161 Å². The maximum absolute atomic E-state index is 7.14. The van der Waals surface area contributed by atoms with Gasteiger partial charge in [0.1, 0.15) is 16.7 Å². The molecule has 323 valence electrons. The summed E-state index contributed by atoms with van der Waals surface area (Å²) in [5.74, 6) is 0. The monoisotopic (exact) mass is 873 g/mol. The van der Waals surface area contributed by atoms with Gasteiger partial charge in [-0.25, -0.2) is 0 Å². The number of furan rings is 2. The van der Waals surface area contributed by atoms with Gasteiger partial charge in [-0.05, 0) is 128 Å². The number of benzene rings is 9. The summed E-state index contributed by atoms with van der Waals surface area (Å²) in [6, 6.07) is 65.0. The fourth-order valence-corrected chi connectivity index (χ4v) is 13.1. The molecular weight excluding hydrogens is 828 g/mol. The molecule has 4 nitrogen and oxygen atoms in total. The van der Waals surface area contributed by atoms with Gasteiger partial charge in [-0.2, -0.15) is 0 Å².